The molecule has 0 bridgehead atoms. The molecule has 0 radical (unpaired) electrons. The highest BCUT2D eigenvalue weighted by Crippen LogP contribution is 2.23. The van der Waals surface area contributed by atoms with Gasteiger partial charge in [0.1, 0.15) is 5.82 Å². The van der Waals surface area contributed by atoms with Crippen LogP contribution in [0.2, 0.25) is 0 Å². The molecule has 2 nitrogen and oxygen atoms in total. The minimum absolute atomic E-state index is 0.612. The quantitative estimate of drug-likeness (QED) is 0.662. The van der Waals surface area contributed by atoms with E-state index in [-0.39, 0.29) is 0 Å². The van der Waals surface area contributed by atoms with Gasteiger partial charge in [-0.25, -0.2) is 4.98 Å². The number of nitrogen functional groups attached to an aromatic ring is 1. The maximum absolute atomic E-state index is 5.76. The molecule has 0 aliphatic rings. The zero-order valence-electron chi connectivity index (χ0n) is 7.83. The molecular weight excluding hydrogens is 160 g/mol. The van der Waals surface area contributed by atoms with Crippen molar-refractivity contribution >= 4 is 16.6 Å². The van der Waals surface area contributed by atoms with Crippen LogP contribution >= 0.6 is 0 Å². The molecule has 13 heavy (non-hydrogen) atoms. The second kappa shape index (κ2) is 2.73. The second-order valence-electron chi connectivity index (χ2n) is 3.30. The molecule has 1 heterocycles. The van der Waals surface area contributed by atoms with Crippen molar-refractivity contribution in [2.24, 2.45) is 0 Å². The van der Waals surface area contributed by atoms with Crippen molar-refractivity contribution in [3.05, 3.63) is 35.5 Å². The van der Waals surface area contributed by atoms with Gasteiger partial charge >= 0.3 is 0 Å². The van der Waals surface area contributed by atoms with Crippen LogP contribution in [0.1, 0.15) is 11.1 Å². The summed E-state index contributed by atoms with van der Waals surface area (Å²) in [5, 5.41) is 2.25. The third-order valence-electron chi connectivity index (χ3n) is 2.52. The molecule has 66 valence electrons. The van der Waals surface area contributed by atoms with Crippen LogP contribution in [0.4, 0.5) is 5.82 Å². The summed E-state index contributed by atoms with van der Waals surface area (Å²) in [7, 11) is 0. The van der Waals surface area contributed by atoms with Gasteiger partial charge < -0.3 is 5.73 Å². The Morgan fingerprint density at radius 2 is 1.85 bits per heavy atom. The number of nitrogens with two attached hydrogens (primary N) is 1. The first-order valence-electron chi connectivity index (χ1n) is 4.30. The molecule has 1 aromatic carbocycles. The Kier molecular flexibility index (Phi) is 1.69. The molecule has 0 atom stereocenters. The second-order valence-corrected chi connectivity index (χ2v) is 3.30. The predicted molar refractivity (Wildman–Crippen MR) is 55.6 cm³/mol. The minimum Gasteiger partial charge on any atom is -0.383 e. The van der Waals surface area contributed by atoms with Gasteiger partial charge in [0.2, 0.25) is 0 Å². The van der Waals surface area contributed by atoms with E-state index in [1.807, 2.05) is 12.1 Å². The zero-order chi connectivity index (χ0) is 9.42. The maximum Gasteiger partial charge on any atom is 0.131 e. The molecule has 0 fully saturated rings. The van der Waals surface area contributed by atoms with Gasteiger partial charge in [0, 0.05) is 11.6 Å². The Balaban J connectivity index is 2.94. The van der Waals surface area contributed by atoms with Crippen molar-refractivity contribution in [2.45, 2.75) is 13.8 Å². The third-order valence-corrected chi connectivity index (χ3v) is 2.52. The van der Waals surface area contributed by atoms with Gasteiger partial charge in [-0.15, -0.1) is 0 Å². The first-order chi connectivity index (χ1) is 6.20. The summed E-state index contributed by atoms with van der Waals surface area (Å²) in [5.41, 5.74) is 8.34. The largest absolute Gasteiger partial charge is 0.383 e. The van der Waals surface area contributed by atoms with Crippen molar-refractivity contribution in [3.63, 3.8) is 0 Å². The van der Waals surface area contributed by atoms with Gasteiger partial charge in [0.05, 0.1) is 0 Å². The Morgan fingerprint density at radius 3 is 2.62 bits per heavy atom. The maximum atomic E-state index is 5.76. The van der Waals surface area contributed by atoms with Crippen molar-refractivity contribution in [1.29, 1.82) is 0 Å². The lowest BCUT2D eigenvalue weighted by Gasteiger charge is -2.06. The van der Waals surface area contributed by atoms with Crippen LogP contribution in [0, 0.1) is 13.8 Å². The van der Waals surface area contributed by atoms with E-state index < -0.39 is 0 Å². The Labute approximate surface area is 77.4 Å². The van der Waals surface area contributed by atoms with Crippen LogP contribution in [0.15, 0.2) is 24.4 Å². The van der Waals surface area contributed by atoms with Crippen LogP contribution in [-0.4, -0.2) is 4.98 Å². The molecule has 0 unspecified atom stereocenters. The zero-order valence-corrected chi connectivity index (χ0v) is 7.83. The molecule has 2 N–H and O–H groups in total. The number of rotatable bonds is 0. The first-order valence-corrected chi connectivity index (χ1v) is 4.30. The summed E-state index contributed by atoms with van der Waals surface area (Å²) in [6.07, 6.45) is 1.75. The van der Waals surface area contributed by atoms with E-state index >= 15 is 0 Å². The number of aryl methyl sites for hydroxylation is 2. The SMILES string of the molecule is Cc1ccc2c(N)nccc2c1C. The van der Waals surface area contributed by atoms with E-state index in [0.29, 0.717) is 5.82 Å². The van der Waals surface area contributed by atoms with Crippen LogP contribution in [0.5, 0.6) is 0 Å². The number of hydrogen-bond donors (Lipinski definition) is 1. The van der Waals surface area contributed by atoms with Crippen molar-refractivity contribution in [1.82, 2.24) is 4.98 Å². The number of hydrogen-bond acceptors (Lipinski definition) is 2. The first kappa shape index (κ1) is 8.05. The fourth-order valence-corrected chi connectivity index (χ4v) is 1.54. The molecular formula is C11H12N2. The lowest BCUT2D eigenvalue weighted by molar-refractivity contribution is 1.33. The Bertz CT molecular complexity index is 461. The molecule has 2 rings (SSSR count). The van der Waals surface area contributed by atoms with E-state index in [2.05, 4.69) is 24.9 Å². The molecule has 0 saturated heterocycles. The van der Waals surface area contributed by atoms with Crippen molar-refractivity contribution < 1.29 is 0 Å². The predicted octanol–water partition coefficient (Wildman–Crippen LogP) is 2.43. The summed E-state index contributed by atoms with van der Waals surface area (Å²) in [6, 6.07) is 6.11. The highest BCUT2D eigenvalue weighted by atomic mass is 14.8. The fourth-order valence-electron chi connectivity index (χ4n) is 1.54. The molecule has 0 amide bonds. The van der Waals surface area contributed by atoms with Crippen LogP contribution in [0.3, 0.4) is 0 Å². The molecule has 2 heteroatoms. The Morgan fingerprint density at radius 1 is 1.08 bits per heavy atom. The van der Waals surface area contributed by atoms with Gasteiger partial charge in [-0.3, -0.25) is 0 Å². The van der Waals surface area contributed by atoms with Crippen LogP contribution in [-0.2, 0) is 0 Å². The van der Waals surface area contributed by atoms with Crippen LogP contribution in [0.25, 0.3) is 10.8 Å². The summed E-state index contributed by atoms with van der Waals surface area (Å²) in [6.45, 7) is 4.21. The number of fused-ring (bicyclic) bond motifs is 1. The van der Waals surface area contributed by atoms with E-state index in [0.717, 1.165) is 5.39 Å². The fraction of sp³-hybridized carbons (Fsp3) is 0.182. The standard InChI is InChI=1S/C11H12N2/c1-7-3-4-10-9(8(7)2)5-6-13-11(10)12/h3-6H,1-2H3,(H2,12,13). The van der Waals surface area contributed by atoms with Gasteiger partial charge in [-0.2, -0.15) is 0 Å². The lowest BCUT2D eigenvalue weighted by Crippen LogP contribution is -1.92. The number of nitrogens with zero attached hydrogens (tertiary/aromatic N) is 1. The number of benzene rings is 1. The van der Waals surface area contributed by atoms with Gasteiger partial charge in [0.25, 0.3) is 0 Å². The topological polar surface area (TPSA) is 38.9 Å². The normalized spacial score (nSPS) is 10.6. The van der Waals surface area contributed by atoms with Gasteiger partial charge in [-0.05, 0) is 36.4 Å². The molecule has 0 aliphatic heterocycles. The summed E-state index contributed by atoms with van der Waals surface area (Å²) in [5.74, 6) is 0.612. The summed E-state index contributed by atoms with van der Waals surface area (Å²) in [4.78, 5) is 4.06. The molecule has 0 aliphatic carbocycles. The third kappa shape index (κ3) is 1.15. The number of anilines is 1. The smallest absolute Gasteiger partial charge is 0.131 e. The van der Waals surface area contributed by atoms with Gasteiger partial charge in [-0.1, -0.05) is 12.1 Å². The van der Waals surface area contributed by atoms with E-state index in [4.69, 9.17) is 5.73 Å². The van der Waals surface area contributed by atoms with Gasteiger partial charge in [0.15, 0.2) is 0 Å². The highest BCUT2D eigenvalue weighted by molar-refractivity contribution is 5.93. The lowest BCUT2D eigenvalue weighted by atomic mass is 10.0. The Hall–Kier alpha value is -1.57. The average Bonchev–Trinajstić information content (AvgIpc) is 2.12. The minimum atomic E-state index is 0.612. The van der Waals surface area contributed by atoms with Crippen molar-refractivity contribution in [3.8, 4) is 0 Å². The monoisotopic (exact) mass is 172 g/mol. The summed E-state index contributed by atoms with van der Waals surface area (Å²) < 4.78 is 0. The van der Waals surface area contributed by atoms with Crippen LogP contribution < -0.4 is 5.73 Å². The van der Waals surface area contributed by atoms with E-state index in [1.54, 1.807) is 6.20 Å². The number of aromatic nitrogens is 1. The summed E-state index contributed by atoms with van der Waals surface area (Å²) >= 11 is 0. The molecule has 1 aromatic heterocycles. The highest BCUT2D eigenvalue weighted by Gasteiger charge is 2.02. The van der Waals surface area contributed by atoms with Crippen molar-refractivity contribution in [2.75, 3.05) is 5.73 Å². The number of pyridine rings is 1. The van der Waals surface area contributed by atoms with E-state index in [9.17, 15) is 0 Å². The van der Waals surface area contributed by atoms with E-state index in [1.165, 1.54) is 16.5 Å². The molecule has 0 spiro atoms. The molecule has 0 saturated carbocycles. The average molecular weight is 172 g/mol. The molecule has 2 aromatic rings.